The second-order valence-corrected chi connectivity index (χ2v) is 9.40. The van der Waals surface area contributed by atoms with Gasteiger partial charge in [0.15, 0.2) is 5.75 Å². The number of nitrogens with zero attached hydrogens (tertiary/aromatic N) is 5. The van der Waals surface area contributed by atoms with Crippen molar-refractivity contribution in [2.24, 2.45) is 5.92 Å². The van der Waals surface area contributed by atoms with E-state index in [1.165, 1.54) is 18.6 Å². The number of benzene rings is 1. The fourth-order valence-electron chi connectivity index (χ4n) is 4.33. The smallest absolute Gasteiger partial charge is 0.275 e. The predicted octanol–water partition coefficient (Wildman–Crippen LogP) is 2.48. The third kappa shape index (κ3) is 6.28. The maximum atomic E-state index is 13.6. The van der Waals surface area contributed by atoms with Gasteiger partial charge in [0.05, 0.1) is 30.1 Å². The lowest BCUT2D eigenvalue weighted by Crippen LogP contribution is -2.49. The highest BCUT2D eigenvalue weighted by Crippen LogP contribution is 2.35. The molecule has 0 saturated carbocycles. The van der Waals surface area contributed by atoms with Crippen LogP contribution in [-0.2, 0) is 6.54 Å². The zero-order valence-corrected chi connectivity index (χ0v) is 21.2. The van der Waals surface area contributed by atoms with E-state index in [9.17, 15) is 14.7 Å². The van der Waals surface area contributed by atoms with E-state index in [0.717, 1.165) is 5.56 Å². The van der Waals surface area contributed by atoms with E-state index in [0.29, 0.717) is 36.6 Å². The highest BCUT2D eigenvalue weighted by atomic mass is 16.5. The molecule has 10 nitrogen and oxygen atoms in total. The van der Waals surface area contributed by atoms with Gasteiger partial charge in [-0.15, -0.1) is 0 Å². The van der Waals surface area contributed by atoms with Gasteiger partial charge in [0, 0.05) is 50.3 Å². The van der Waals surface area contributed by atoms with Gasteiger partial charge < -0.3 is 20.1 Å². The molecular formula is C27H32N6O4. The van der Waals surface area contributed by atoms with Gasteiger partial charge in [0.2, 0.25) is 0 Å². The second-order valence-electron chi connectivity index (χ2n) is 9.40. The van der Waals surface area contributed by atoms with Crippen LogP contribution in [0.3, 0.4) is 0 Å². The molecule has 3 heterocycles. The molecule has 3 aromatic rings. The maximum Gasteiger partial charge on any atom is 0.275 e. The molecule has 194 valence electrons. The Hall–Kier alpha value is -3.89. The summed E-state index contributed by atoms with van der Waals surface area (Å²) in [6, 6.07) is 8.64. The fraction of sp³-hybridized carbons (Fsp3) is 0.370. The van der Waals surface area contributed by atoms with Crippen molar-refractivity contribution in [3.05, 3.63) is 78.1 Å². The normalized spacial score (nSPS) is 18.4. The van der Waals surface area contributed by atoms with E-state index in [4.69, 9.17) is 4.74 Å². The minimum atomic E-state index is -0.459. The summed E-state index contributed by atoms with van der Waals surface area (Å²) in [5, 5.41) is 12.7. The SMILES string of the molecule is C[C@H]1CN([C@@H](C)CO)C(=O)c2cccc(NC(=O)c3cnccn3)c2O[C@H]1CN(C)Cc1ccncc1. The van der Waals surface area contributed by atoms with Crippen LogP contribution in [0, 0.1) is 5.92 Å². The lowest BCUT2D eigenvalue weighted by Gasteiger charge is -2.38. The van der Waals surface area contributed by atoms with Crippen molar-refractivity contribution in [2.75, 3.05) is 32.1 Å². The maximum absolute atomic E-state index is 13.6. The third-order valence-corrected chi connectivity index (χ3v) is 6.43. The molecule has 2 amide bonds. The molecule has 0 radical (unpaired) electrons. The fourth-order valence-corrected chi connectivity index (χ4v) is 4.33. The van der Waals surface area contributed by atoms with E-state index in [1.807, 2.05) is 33.0 Å². The second kappa shape index (κ2) is 11.9. The molecule has 3 atom stereocenters. The summed E-state index contributed by atoms with van der Waals surface area (Å²) in [6.45, 7) is 5.38. The number of rotatable bonds is 8. The quantitative estimate of drug-likeness (QED) is 0.480. The third-order valence-electron chi connectivity index (χ3n) is 6.43. The molecular weight excluding hydrogens is 472 g/mol. The molecule has 0 fully saturated rings. The summed E-state index contributed by atoms with van der Waals surface area (Å²) < 4.78 is 6.54. The Balaban J connectivity index is 1.67. The number of hydrogen-bond acceptors (Lipinski definition) is 8. The molecule has 0 aliphatic carbocycles. The molecule has 1 aliphatic heterocycles. The average Bonchev–Trinajstić information content (AvgIpc) is 2.91. The Morgan fingerprint density at radius 2 is 2.00 bits per heavy atom. The van der Waals surface area contributed by atoms with Crippen molar-refractivity contribution >= 4 is 17.5 Å². The number of likely N-dealkylation sites (N-methyl/N-ethyl adjacent to an activating group) is 1. The topological polar surface area (TPSA) is 121 Å². The number of aliphatic hydroxyl groups excluding tert-OH is 1. The molecule has 1 aromatic carbocycles. The van der Waals surface area contributed by atoms with Gasteiger partial charge in [-0.05, 0) is 43.8 Å². The van der Waals surface area contributed by atoms with Crippen molar-refractivity contribution in [1.29, 1.82) is 0 Å². The van der Waals surface area contributed by atoms with Gasteiger partial charge in [-0.25, -0.2) is 4.98 Å². The minimum absolute atomic E-state index is 0.0604. The van der Waals surface area contributed by atoms with Crippen molar-refractivity contribution in [3.63, 3.8) is 0 Å². The number of ether oxygens (including phenoxy) is 1. The molecule has 0 spiro atoms. The van der Waals surface area contributed by atoms with E-state index in [2.05, 4.69) is 25.2 Å². The van der Waals surface area contributed by atoms with Gasteiger partial charge in [0.1, 0.15) is 11.8 Å². The molecule has 2 aromatic heterocycles. The van der Waals surface area contributed by atoms with Crippen LogP contribution in [0.25, 0.3) is 0 Å². The summed E-state index contributed by atoms with van der Waals surface area (Å²) >= 11 is 0. The monoisotopic (exact) mass is 504 g/mol. The number of aromatic nitrogens is 3. The summed E-state index contributed by atoms with van der Waals surface area (Å²) in [4.78, 5) is 42.4. The first-order chi connectivity index (χ1) is 17.9. The van der Waals surface area contributed by atoms with Crippen LogP contribution in [0.1, 0.15) is 40.3 Å². The Bertz CT molecular complexity index is 1210. The van der Waals surface area contributed by atoms with Crippen LogP contribution in [-0.4, -0.2) is 80.6 Å². The predicted molar refractivity (Wildman–Crippen MR) is 138 cm³/mol. The van der Waals surface area contributed by atoms with Crippen molar-refractivity contribution < 1.29 is 19.4 Å². The number of carbonyl (C=O) groups is 2. The zero-order chi connectivity index (χ0) is 26.4. The lowest BCUT2D eigenvalue weighted by atomic mass is 9.99. The average molecular weight is 505 g/mol. The Morgan fingerprint density at radius 1 is 1.22 bits per heavy atom. The van der Waals surface area contributed by atoms with Gasteiger partial charge in [0.25, 0.3) is 11.8 Å². The molecule has 0 bridgehead atoms. The summed E-state index contributed by atoms with van der Waals surface area (Å²) in [7, 11) is 2.01. The number of aliphatic hydroxyl groups is 1. The number of amides is 2. The van der Waals surface area contributed by atoms with Crippen LogP contribution in [0.4, 0.5) is 5.69 Å². The number of para-hydroxylation sites is 1. The van der Waals surface area contributed by atoms with E-state index in [1.54, 1.807) is 35.5 Å². The van der Waals surface area contributed by atoms with Gasteiger partial charge in [-0.3, -0.25) is 24.5 Å². The minimum Gasteiger partial charge on any atom is -0.486 e. The van der Waals surface area contributed by atoms with Crippen LogP contribution >= 0.6 is 0 Å². The summed E-state index contributed by atoms with van der Waals surface area (Å²) in [5.41, 5.74) is 1.97. The molecule has 4 rings (SSSR count). The van der Waals surface area contributed by atoms with Gasteiger partial charge in [-0.1, -0.05) is 13.0 Å². The molecule has 2 N–H and O–H groups in total. The number of fused-ring (bicyclic) bond motifs is 1. The first-order valence-corrected chi connectivity index (χ1v) is 12.2. The van der Waals surface area contributed by atoms with Crippen LogP contribution < -0.4 is 10.1 Å². The standard InChI is InChI=1S/C27H32N6O4/c1-18-14-33(19(2)17-34)27(36)21-5-4-6-22(31-26(35)23-13-29-11-12-30-23)25(21)37-24(18)16-32(3)15-20-7-9-28-10-8-20/h4-13,18-19,24,34H,14-17H2,1-3H3,(H,31,35)/t18-,19-,24-/m0/s1. The van der Waals surface area contributed by atoms with Crippen LogP contribution in [0.15, 0.2) is 61.3 Å². The molecule has 1 aliphatic rings. The number of carbonyl (C=O) groups excluding carboxylic acids is 2. The molecule has 37 heavy (non-hydrogen) atoms. The van der Waals surface area contributed by atoms with Gasteiger partial charge in [-0.2, -0.15) is 0 Å². The number of pyridine rings is 1. The number of nitrogens with one attached hydrogen (secondary N) is 1. The van der Waals surface area contributed by atoms with E-state index < -0.39 is 5.91 Å². The molecule has 10 heteroatoms. The van der Waals surface area contributed by atoms with Crippen LogP contribution in [0.5, 0.6) is 5.75 Å². The van der Waals surface area contributed by atoms with Gasteiger partial charge >= 0.3 is 0 Å². The first-order valence-electron chi connectivity index (χ1n) is 12.2. The Labute approximate surface area is 216 Å². The Kier molecular flexibility index (Phi) is 8.42. The first kappa shape index (κ1) is 26.2. The number of anilines is 1. The van der Waals surface area contributed by atoms with E-state index in [-0.39, 0.29) is 36.3 Å². The largest absolute Gasteiger partial charge is 0.486 e. The summed E-state index contributed by atoms with van der Waals surface area (Å²) in [5.74, 6) is -0.481. The Morgan fingerprint density at radius 3 is 2.70 bits per heavy atom. The summed E-state index contributed by atoms with van der Waals surface area (Å²) in [6.07, 6.45) is 7.52. The van der Waals surface area contributed by atoms with Crippen molar-refractivity contribution in [3.8, 4) is 5.75 Å². The highest BCUT2D eigenvalue weighted by Gasteiger charge is 2.34. The molecule has 0 saturated heterocycles. The van der Waals surface area contributed by atoms with Crippen molar-refractivity contribution in [2.45, 2.75) is 32.5 Å². The zero-order valence-electron chi connectivity index (χ0n) is 21.2. The lowest BCUT2D eigenvalue weighted by molar-refractivity contribution is 0.0343. The number of hydrogen-bond donors (Lipinski definition) is 2. The van der Waals surface area contributed by atoms with Crippen molar-refractivity contribution in [1.82, 2.24) is 24.8 Å². The van der Waals surface area contributed by atoms with E-state index >= 15 is 0 Å². The van der Waals surface area contributed by atoms with Crippen LogP contribution in [0.2, 0.25) is 0 Å². The molecule has 0 unspecified atom stereocenters. The highest BCUT2D eigenvalue weighted by molar-refractivity contribution is 6.06.